The van der Waals surface area contributed by atoms with Crippen LogP contribution in [-0.4, -0.2) is 23.1 Å². The summed E-state index contributed by atoms with van der Waals surface area (Å²) in [4.78, 5) is 44.2. The van der Waals surface area contributed by atoms with Crippen LogP contribution in [-0.2, 0) is 14.3 Å². The molecule has 0 amide bonds. The zero-order chi connectivity index (χ0) is 26.6. The van der Waals surface area contributed by atoms with Crippen LogP contribution in [0.1, 0.15) is 36.6 Å². The molecule has 2 heterocycles. The maximum atomic E-state index is 13.9. The molecule has 0 N–H and O–H groups in total. The minimum Gasteiger partial charge on any atom is -0.463 e. The number of nitrogens with zero attached hydrogens (tertiary/aromatic N) is 2. The molecule has 0 aliphatic carbocycles. The molecular weight excluding hydrogens is 500 g/mol. The summed E-state index contributed by atoms with van der Waals surface area (Å²) in [5.74, 6) is -0.635. The Balaban J connectivity index is 1.81. The standard InChI is InChI=1S/C30H24N2O5S/c1-3-36-29(35)25-26(20-12-6-4-7-13-20)31-30-32(27(25)21-14-8-5-9-15-21)28(34)24(38-30)18-22-16-10-11-17-23(22)37-19(2)33/h4-18,27H,3H2,1-2H3/b24-18-/t27-/m1/s1. The second kappa shape index (κ2) is 10.8. The van der Waals surface area contributed by atoms with Crippen molar-refractivity contribution >= 4 is 35.0 Å². The lowest BCUT2D eigenvalue weighted by atomic mass is 9.93. The molecular formula is C30H24N2O5S. The molecule has 7 nitrogen and oxygen atoms in total. The van der Waals surface area contributed by atoms with Crippen molar-refractivity contribution in [3.63, 3.8) is 0 Å². The van der Waals surface area contributed by atoms with E-state index in [1.54, 1.807) is 41.8 Å². The van der Waals surface area contributed by atoms with Gasteiger partial charge in [0.1, 0.15) is 5.75 Å². The van der Waals surface area contributed by atoms with Gasteiger partial charge in [-0.3, -0.25) is 14.2 Å². The molecule has 0 radical (unpaired) electrons. The summed E-state index contributed by atoms with van der Waals surface area (Å²) in [5, 5.41) is 0. The molecule has 4 aromatic rings. The number of thiazole rings is 1. The van der Waals surface area contributed by atoms with E-state index in [0.717, 1.165) is 11.1 Å². The molecule has 0 bridgehead atoms. The van der Waals surface area contributed by atoms with Crippen molar-refractivity contribution in [1.29, 1.82) is 0 Å². The van der Waals surface area contributed by atoms with Crippen LogP contribution in [0.15, 0.2) is 100 Å². The number of para-hydroxylation sites is 1. The Morgan fingerprint density at radius 3 is 2.32 bits per heavy atom. The van der Waals surface area contributed by atoms with Crippen molar-refractivity contribution < 1.29 is 19.1 Å². The number of carbonyl (C=O) groups excluding carboxylic acids is 2. The first kappa shape index (κ1) is 25.1. The van der Waals surface area contributed by atoms with Gasteiger partial charge in [0.2, 0.25) is 0 Å². The van der Waals surface area contributed by atoms with E-state index in [0.29, 0.717) is 31.9 Å². The van der Waals surface area contributed by atoms with Crippen LogP contribution in [0.3, 0.4) is 0 Å². The third-order valence-electron chi connectivity index (χ3n) is 5.95. The topological polar surface area (TPSA) is 87.0 Å². The summed E-state index contributed by atoms with van der Waals surface area (Å²) in [6.45, 7) is 3.25. The molecule has 190 valence electrons. The predicted octanol–water partition coefficient (Wildman–Crippen LogP) is 3.86. The average Bonchev–Trinajstić information content (AvgIpc) is 3.24. The van der Waals surface area contributed by atoms with Crippen LogP contribution in [0.25, 0.3) is 11.8 Å². The molecule has 1 atom stereocenters. The first-order valence-electron chi connectivity index (χ1n) is 12.1. The van der Waals surface area contributed by atoms with E-state index in [-0.39, 0.29) is 12.2 Å². The lowest BCUT2D eigenvalue weighted by Crippen LogP contribution is -2.40. The number of hydrogen-bond acceptors (Lipinski definition) is 7. The first-order chi connectivity index (χ1) is 18.5. The summed E-state index contributed by atoms with van der Waals surface area (Å²) < 4.78 is 12.7. The van der Waals surface area contributed by atoms with Crippen LogP contribution < -0.4 is 19.6 Å². The second-order valence-electron chi connectivity index (χ2n) is 8.47. The largest absolute Gasteiger partial charge is 0.463 e. The first-order valence-corrected chi connectivity index (χ1v) is 12.9. The zero-order valence-corrected chi connectivity index (χ0v) is 21.6. The predicted molar refractivity (Wildman–Crippen MR) is 145 cm³/mol. The number of benzene rings is 3. The van der Waals surface area contributed by atoms with E-state index in [4.69, 9.17) is 14.5 Å². The van der Waals surface area contributed by atoms with Gasteiger partial charge in [-0.05, 0) is 24.6 Å². The van der Waals surface area contributed by atoms with Crippen LogP contribution in [0.5, 0.6) is 5.75 Å². The van der Waals surface area contributed by atoms with E-state index < -0.39 is 18.0 Å². The van der Waals surface area contributed by atoms with E-state index in [2.05, 4.69) is 0 Å². The Kier molecular flexibility index (Phi) is 7.15. The van der Waals surface area contributed by atoms with Gasteiger partial charge in [0.15, 0.2) is 4.80 Å². The Hall–Kier alpha value is -4.56. The smallest absolute Gasteiger partial charge is 0.338 e. The summed E-state index contributed by atoms with van der Waals surface area (Å²) >= 11 is 1.21. The number of rotatable bonds is 6. The molecule has 0 spiro atoms. The van der Waals surface area contributed by atoms with Gasteiger partial charge >= 0.3 is 11.9 Å². The lowest BCUT2D eigenvalue weighted by molar-refractivity contribution is -0.139. The SMILES string of the molecule is CCOC(=O)C1=C(c2ccccc2)N=c2s/c(=C\c3ccccc3OC(C)=O)c(=O)n2[C@@H]1c1ccccc1. The van der Waals surface area contributed by atoms with Crippen molar-refractivity contribution in [3.8, 4) is 5.75 Å². The highest BCUT2D eigenvalue weighted by molar-refractivity contribution is 7.07. The van der Waals surface area contributed by atoms with Crippen LogP contribution in [0.2, 0.25) is 0 Å². The van der Waals surface area contributed by atoms with Crippen molar-refractivity contribution in [1.82, 2.24) is 4.57 Å². The highest BCUT2D eigenvalue weighted by atomic mass is 32.1. The van der Waals surface area contributed by atoms with Gasteiger partial charge in [0.25, 0.3) is 5.56 Å². The van der Waals surface area contributed by atoms with Gasteiger partial charge in [0.05, 0.1) is 28.5 Å². The average molecular weight is 525 g/mol. The van der Waals surface area contributed by atoms with E-state index in [1.165, 1.54) is 18.3 Å². The fourth-order valence-electron chi connectivity index (χ4n) is 4.38. The summed E-state index contributed by atoms with van der Waals surface area (Å²) in [7, 11) is 0. The quantitative estimate of drug-likeness (QED) is 0.282. The molecule has 1 aromatic heterocycles. The Labute approximate surface area is 222 Å². The molecule has 0 fully saturated rings. The Morgan fingerprint density at radius 1 is 0.974 bits per heavy atom. The van der Waals surface area contributed by atoms with Crippen molar-refractivity contribution in [3.05, 3.63) is 127 Å². The number of ether oxygens (including phenoxy) is 2. The van der Waals surface area contributed by atoms with Crippen molar-refractivity contribution in [2.75, 3.05) is 6.61 Å². The van der Waals surface area contributed by atoms with Crippen LogP contribution in [0, 0.1) is 0 Å². The van der Waals surface area contributed by atoms with E-state index >= 15 is 0 Å². The van der Waals surface area contributed by atoms with Crippen LogP contribution in [0.4, 0.5) is 0 Å². The van der Waals surface area contributed by atoms with Gasteiger partial charge in [-0.1, -0.05) is 90.2 Å². The molecule has 5 rings (SSSR count). The van der Waals surface area contributed by atoms with E-state index in [1.807, 2.05) is 60.7 Å². The highest BCUT2D eigenvalue weighted by Gasteiger charge is 2.35. The van der Waals surface area contributed by atoms with Crippen molar-refractivity contribution in [2.45, 2.75) is 19.9 Å². The van der Waals surface area contributed by atoms with Gasteiger partial charge in [-0.25, -0.2) is 9.79 Å². The second-order valence-corrected chi connectivity index (χ2v) is 9.48. The number of esters is 2. The minimum absolute atomic E-state index is 0.184. The molecule has 3 aromatic carbocycles. The molecule has 0 unspecified atom stereocenters. The van der Waals surface area contributed by atoms with Gasteiger partial charge in [0, 0.05) is 18.1 Å². The zero-order valence-electron chi connectivity index (χ0n) is 20.8. The molecule has 1 aliphatic rings. The summed E-state index contributed by atoms with van der Waals surface area (Å²) in [6.07, 6.45) is 1.68. The molecule has 0 saturated carbocycles. The fourth-order valence-corrected chi connectivity index (χ4v) is 5.37. The monoisotopic (exact) mass is 524 g/mol. The van der Waals surface area contributed by atoms with Crippen LogP contribution >= 0.6 is 11.3 Å². The van der Waals surface area contributed by atoms with Crippen molar-refractivity contribution in [2.24, 2.45) is 4.99 Å². The number of hydrogen-bond donors (Lipinski definition) is 0. The third-order valence-corrected chi connectivity index (χ3v) is 6.93. The number of fused-ring (bicyclic) bond motifs is 1. The molecule has 8 heteroatoms. The minimum atomic E-state index is -0.743. The lowest BCUT2D eigenvalue weighted by Gasteiger charge is -2.25. The maximum Gasteiger partial charge on any atom is 0.338 e. The summed E-state index contributed by atoms with van der Waals surface area (Å²) in [5.41, 5.74) is 2.53. The number of aromatic nitrogens is 1. The molecule has 38 heavy (non-hydrogen) atoms. The molecule has 1 aliphatic heterocycles. The summed E-state index contributed by atoms with van der Waals surface area (Å²) in [6, 6.07) is 25.0. The fraction of sp³-hybridized carbons (Fsp3) is 0.133. The van der Waals surface area contributed by atoms with E-state index in [9.17, 15) is 14.4 Å². The number of carbonyl (C=O) groups is 2. The van der Waals surface area contributed by atoms with Gasteiger partial charge < -0.3 is 9.47 Å². The molecule has 0 saturated heterocycles. The normalized spacial score (nSPS) is 15.0. The van der Waals surface area contributed by atoms with Gasteiger partial charge in [-0.2, -0.15) is 0 Å². The maximum absolute atomic E-state index is 13.9. The third kappa shape index (κ3) is 4.86. The van der Waals surface area contributed by atoms with Gasteiger partial charge in [-0.15, -0.1) is 0 Å². The highest BCUT2D eigenvalue weighted by Crippen LogP contribution is 2.35. The Bertz CT molecular complexity index is 1720. The Morgan fingerprint density at radius 2 is 1.63 bits per heavy atom.